The number of aryl methyl sites for hydroxylation is 1. The van der Waals surface area contributed by atoms with E-state index < -0.39 is 32.7 Å². The van der Waals surface area contributed by atoms with E-state index in [0.717, 1.165) is 23.4 Å². The summed E-state index contributed by atoms with van der Waals surface area (Å²) in [6.45, 7) is 0. The minimum Gasteiger partial charge on any atom is -0.347 e. The molecule has 1 heterocycles. The Bertz CT molecular complexity index is 945. The first-order valence-corrected chi connectivity index (χ1v) is 9.77. The Morgan fingerprint density at radius 1 is 1.22 bits per heavy atom. The van der Waals surface area contributed by atoms with E-state index in [9.17, 15) is 21.6 Å². The Balaban J connectivity index is 1.82. The van der Waals surface area contributed by atoms with Gasteiger partial charge in [0.15, 0.2) is 0 Å². The second-order valence-electron chi connectivity index (χ2n) is 6.59. The summed E-state index contributed by atoms with van der Waals surface area (Å²) in [4.78, 5) is 9.66. The van der Waals surface area contributed by atoms with Gasteiger partial charge >= 0.3 is 6.18 Å². The Kier molecular flexibility index (Phi) is 5.13. The van der Waals surface area contributed by atoms with Crippen LogP contribution in [0.5, 0.6) is 0 Å². The fraction of sp³-hybridized carbons (Fsp3) is 0.412. The largest absolute Gasteiger partial charge is 0.417 e. The summed E-state index contributed by atoms with van der Waals surface area (Å²) in [5.41, 5.74) is 0.455. The monoisotopic (exact) mass is 400 g/mol. The highest BCUT2D eigenvalue weighted by Gasteiger charge is 2.37. The lowest BCUT2D eigenvalue weighted by molar-refractivity contribution is -0.139. The minimum atomic E-state index is -4.75. The summed E-state index contributed by atoms with van der Waals surface area (Å²) in [7, 11) is -0.679. The molecule has 2 aromatic rings. The average Bonchev–Trinajstić information content (AvgIpc) is 2.60. The molecule has 1 atom stereocenters. The van der Waals surface area contributed by atoms with Gasteiger partial charge in [-0.2, -0.15) is 13.2 Å². The quantitative estimate of drug-likeness (QED) is 0.853. The van der Waals surface area contributed by atoms with Gasteiger partial charge in [0.1, 0.15) is 0 Å². The number of sulfonamides is 1. The lowest BCUT2D eigenvalue weighted by atomic mass is 9.94. The molecule has 0 spiro atoms. The van der Waals surface area contributed by atoms with Gasteiger partial charge in [-0.25, -0.2) is 23.1 Å². The summed E-state index contributed by atoms with van der Waals surface area (Å²) in [6, 6.07) is 3.66. The van der Waals surface area contributed by atoms with E-state index in [2.05, 4.69) is 14.7 Å². The maximum Gasteiger partial charge on any atom is 0.417 e. The molecule has 0 bridgehead atoms. The van der Waals surface area contributed by atoms with Gasteiger partial charge in [-0.05, 0) is 37.0 Å². The molecule has 0 unspecified atom stereocenters. The van der Waals surface area contributed by atoms with Gasteiger partial charge in [0.25, 0.3) is 0 Å². The number of rotatable bonds is 4. The molecular weight excluding hydrogens is 381 g/mol. The van der Waals surface area contributed by atoms with Crippen LogP contribution in [0.3, 0.4) is 0 Å². The van der Waals surface area contributed by atoms with Gasteiger partial charge in [0, 0.05) is 32.0 Å². The zero-order valence-corrected chi connectivity index (χ0v) is 15.6. The predicted octanol–water partition coefficient (Wildman–Crippen LogP) is 2.40. The van der Waals surface area contributed by atoms with Crippen molar-refractivity contribution < 1.29 is 21.6 Å². The Labute approximate surface area is 155 Å². The van der Waals surface area contributed by atoms with Crippen LogP contribution in [-0.2, 0) is 29.0 Å². The average molecular weight is 400 g/mol. The number of halogens is 3. The number of hydrogen-bond donors (Lipinski definition) is 1. The summed E-state index contributed by atoms with van der Waals surface area (Å²) in [5.74, 6) is 0.562. The second kappa shape index (κ2) is 7.08. The topological polar surface area (TPSA) is 75.2 Å². The molecule has 1 aromatic carbocycles. The van der Waals surface area contributed by atoms with Crippen LogP contribution in [0, 0.1) is 0 Å². The number of fused-ring (bicyclic) bond motifs is 1. The van der Waals surface area contributed by atoms with Crippen LogP contribution in [0.1, 0.15) is 23.2 Å². The van der Waals surface area contributed by atoms with Crippen molar-refractivity contribution in [3.05, 3.63) is 47.3 Å². The number of nitrogens with one attached hydrogen (secondary N) is 1. The lowest BCUT2D eigenvalue weighted by Crippen LogP contribution is -2.39. The van der Waals surface area contributed by atoms with Gasteiger partial charge in [0.2, 0.25) is 16.0 Å². The van der Waals surface area contributed by atoms with Crippen molar-refractivity contribution in [3.63, 3.8) is 0 Å². The van der Waals surface area contributed by atoms with E-state index >= 15 is 0 Å². The van der Waals surface area contributed by atoms with Gasteiger partial charge in [-0.15, -0.1) is 0 Å². The highest BCUT2D eigenvalue weighted by atomic mass is 32.2. The van der Waals surface area contributed by atoms with Crippen molar-refractivity contribution >= 4 is 16.0 Å². The molecule has 1 N–H and O–H groups in total. The third-order valence-electron chi connectivity index (χ3n) is 4.34. The summed E-state index contributed by atoms with van der Waals surface area (Å²) in [5, 5.41) is 0. The summed E-state index contributed by atoms with van der Waals surface area (Å²) >= 11 is 0. The minimum absolute atomic E-state index is 0.330. The normalized spacial score (nSPS) is 17.4. The number of benzene rings is 1. The first kappa shape index (κ1) is 19.6. The molecule has 6 nitrogen and oxygen atoms in total. The smallest absolute Gasteiger partial charge is 0.347 e. The number of hydrogen-bond acceptors (Lipinski definition) is 5. The van der Waals surface area contributed by atoms with Crippen LogP contribution in [-0.4, -0.2) is 38.5 Å². The second-order valence-corrected chi connectivity index (χ2v) is 8.27. The molecule has 0 saturated heterocycles. The Morgan fingerprint density at radius 3 is 2.59 bits per heavy atom. The van der Waals surface area contributed by atoms with Crippen molar-refractivity contribution in [2.24, 2.45) is 0 Å². The third-order valence-corrected chi connectivity index (χ3v) is 5.92. The van der Waals surface area contributed by atoms with Crippen LogP contribution in [0.4, 0.5) is 19.1 Å². The van der Waals surface area contributed by atoms with E-state index in [1.165, 1.54) is 12.1 Å². The fourth-order valence-corrected chi connectivity index (χ4v) is 4.53. The number of anilines is 1. The summed E-state index contributed by atoms with van der Waals surface area (Å²) in [6.07, 6.45) is -1.81. The number of nitrogens with zero attached hydrogens (tertiary/aromatic N) is 3. The van der Waals surface area contributed by atoms with E-state index in [0.29, 0.717) is 25.2 Å². The number of aromatic nitrogens is 2. The maximum atomic E-state index is 13.1. The fourth-order valence-electron chi connectivity index (χ4n) is 3.03. The molecule has 1 aliphatic rings. The van der Waals surface area contributed by atoms with Crippen molar-refractivity contribution in [2.45, 2.75) is 36.4 Å². The molecule has 1 aromatic heterocycles. The van der Waals surface area contributed by atoms with Crippen molar-refractivity contribution in [2.75, 3.05) is 19.0 Å². The van der Waals surface area contributed by atoms with Crippen molar-refractivity contribution in [1.29, 1.82) is 0 Å². The van der Waals surface area contributed by atoms with Crippen LogP contribution in [0.25, 0.3) is 0 Å². The first-order chi connectivity index (χ1) is 12.6. The SMILES string of the molecule is CN(C)c1ncc2c(n1)CC[C@@H](NS(=O)(=O)c1ccccc1C(F)(F)F)C2. The third kappa shape index (κ3) is 4.22. The van der Waals surface area contributed by atoms with E-state index in [4.69, 9.17) is 0 Å². The van der Waals surface area contributed by atoms with Gasteiger partial charge in [0.05, 0.1) is 10.5 Å². The molecule has 0 fully saturated rings. The highest BCUT2D eigenvalue weighted by molar-refractivity contribution is 7.89. The maximum absolute atomic E-state index is 13.1. The van der Waals surface area contributed by atoms with Gasteiger partial charge in [-0.3, -0.25) is 0 Å². The Morgan fingerprint density at radius 2 is 1.93 bits per heavy atom. The van der Waals surface area contributed by atoms with Crippen molar-refractivity contribution in [1.82, 2.24) is 14.7 Å². The van der Waals surface area contributed by atoms with E-state index in [1.807, 2.05) is 14.1 Å². The van der Waals surface area contributed by atoms with Crippen LogP contribution >= 0.6 is 0 Å². The zero-order chi connectivity index (χ0) is 19.8. The Hall–Kier alpha value is -2.20. The lowest BCUT2D eigenvalue weighted by Gasteiger charge is -2.26. The molecule has 0 aliphatic heterocycles. The molecule has 1 aliphatic carbocycles. The van der Waals surface area contributed by atoms with Crippen LogP contribution in [0.15, 0.2) is 35.4 Å². The standard InChI is InChI=1S/C17H19F3N4O2S/c1-24(2)16-21-10-11-9-12(7-8-14(11)22-16)23-27(25,26)15-6-4-3-5-13(15)17(18,19)20/h3-6,10,12,23H,7-9H2,1-2H3/t12-/m1/s1. The highest BCUT2D eigenvalue weighted by Crippen LogP contribution is 2.34. The van der Waals surface area contributed by atoms with Crippen LogP contribution < -0.4 is 9.62 Å². The van der Waals surface area contributed by atoms with Crippen molar-refractivity contribution in [3.8, 4) is 0 Å². The molecule has 10 heteroatoms. The molecule has 0 radical (unpaired) electrons. The van der Waals surface area contributed by atoms with Gasteiger partial charge < -0.3 is 4.90 Å². The molecule has 146 valence electrons. The molecular formula is C17H19F3N4O2S. The zero-order valence-electron chi connectivity index (χ0n) is 14.8. The predicted molar refractivity (Wildman–Crippen MR) is 93.9 cm³/mol. The first-order valence-electron chi connectivity index (χ1n) is 8.28. The van der Waals surface area contributed by atoms with E-state index in [-0.39, 0.29) is 0 Å². The summed E-state index contributed by atoms with van der Waals surface area (Å²) < 4.78 is 67.0. The molecule has 0 saturated carbocycles. The number of alkyl halides is 3. The molecule has 0 amide bonds. The van der Waals surface area contributed by atoms with Crippen LogP contribution in [0.2, 0.25) is 0 Å². The molecule has 3 rings (SSSR count). The van der Waals surface area contributed by atoms with Gasteiger partial charge in [-0.1, -0.05) is 12.1 Å². The molecule has 27 heavy (non-hydrogen) atoms. The van der Waals surface area contributed by atoms with E-state index in [1.54, 1.807) is 11.1 Å².